The van der Waals surface area contributed by atoms with Gasteiger partial charge in [0.1, 0.15) is 12.2 Å². The quantitative estimate of drug-likeness (QED) is 0.783. The van der Waals surface area contributed by atoms with Crippen molar-refractivity contribution in [3.05, 3.63) is 33.9 Å². The van der Waals surface area contributed by atoms with Gasteiger partial charge < -0.3 is 4.74 Å². The topological polar surface area (TPSA) is 74.1 Å². The molecule has 130 valence electrons. The molecule has 2 aromatic rings. The summed E-state index contributed by atoms with van der Waals surface area (Å²) in [5.74, 6) is -3.89. The van der Waals surface area contributed by atoms with Crippen molar-refractivity contribution in [3.8, 4) is 0 Å². The van der Waals surface area contributed by atoms with Gasteiger partial charge in [0, 0.05) is 6.92 Å². The van der Waals surface area contributed by atoms with Crippen LogP contribution in [0.25, 0.3) is 10.9 Å². The van der Waals surface area contributed by atoms with Gasteiger partial charge in [-0.1, -0.05) is 13.8 Å². The number of nitrogens with zero attached hydrogens (tertiary/aromatic N) is 3. The van der Waals surface area contributed by atoms with Crippen molar-refractivity contribution in [1.82, 2.24) is 14.8 Å². The summed E-state index contributed by atoms with van der Waals surface area (Å²) < 4.78 is 32.9. The van der Waals surface area contributed by atoms with Crippen LogP contribution in [-0.2, 0) is 22.0 Å². The normalized spacial score (nSPS) is 12.0. The minimum atomic E-state index is -3.12. The van der Waals surface area contributed by atoms with Crippen LogP contribution in [0, 0.1) is 0 Å². The van der Waals surface area contributed by atoms with Crippen LogP contribution in [0.4, 0.5) is 8.78 Å². The van der Waals surface area contributed by atoms with Crippen LogP contribution < -0.4 is 5.56 Å². The van der Waals surface area contributed by atoms with Gasteiger partial charge >= 0.3 is 5.97 Å². The zero-order valence-corrected chi connectivity index (χ0v) is 14.0. The van der Waals surface area contributed by atoms with Crippen molar-refractivity contribution in [3.63, 3.8) is 0 Å². The third kappa shape index (κ3) is 3.58. The molecule has 0 saturated heterocycles. The van der Waals surface area contributed by atoms with E-state index >= 15 is 0 Å². The average Bonchev–Trinajstić information content (AvgIpc) is 2.48. The van der Waals surface area contributed by atoms with Gasteiger partial charge in [0.2, 0.25) is 0 Å². The zero-order chi connectivity index (χ0) is 18.1. The lowest BCUT2D eigenvalue weighted by molar-refractivity contribution is -0.144. The van der Waals surface area contributed by atoms with Crippen molar-refractivity contribution >= 4 is 16.9 Å². The second kappa shape index (κ2) is 6.62. The van der Waals surface area contributed by atoms with Crippen molar-refractivity contribution < 1.29 is 18.3 Å². The van der Waals surface area contributed by atoms with Gasteiger partial charge in [0.15, 0.2) is 0 Å². The summed E-state index contributed by atoms with van der Waals surface area (Å²) in [7, 11) is 0. The van der Waals surface area contributed by atoms with Crippen LogP contribution in [0.5, 0.6) is 0 Å². The fourth-order valence-electron chi connectivity index (χ4n) is 2.26. The van der Waals surface area contributed by atoms with E-state index in [2.05, 4.69) is 10.1 Å². The monoisotopic (exact) mass is 339 g/mol. The number of alkyl halides is 2. The molecule has 0 fully saturated rings. The first kappa shape index (κ1) is 18.0. The predicted octanol–water partition coefficient (Wildman–Crippen LogP) is 2.59. The molecule has 2 heterocycles. The van der Waals surface area contributed by atoms with E-state index in [0.717, 1.165) is 17.7 Å². The maximum absolute atomic E-state index is 13.5. The molecule has 0 radical (unpaired) electrons. The molecule has 24 heavy (non-hydrogen) atoms. The van der Waals surface area contributed by atoms with E-state index in [1.807, 2.05) is 0 Å². The molecule has 2 aromatic heterocycles. The molecule has 0 aliphatic carbocycles. The van der Waals surface area contributed by atoms with Crippen LogP contribution in [0.2, 0.25) is 0 Å². The van der Waals surface area contributed by atoms with E-state index in [1.54, 1.807) is 20.8 Å². The summed E-state index contributed by atoms with van der Waals surface area (Å²) in [5, 5.41) is 4.29. The third-order valence-electron chi connectivity index (χ3n) is 3.41. The number of hydrogen-bond donors (Lipinski definition) is 0. The molecule has 0 saturated carbocycles. The predicted molar refractivity (Wildman–Crippen MR) is 84.1 cm³/mol. The molecular formula is C16H19F2N3O3. The summed E-state index contributed by atoms with van der Waals surface area (Å²) in [6.07, 6.45) is 0. The van der Waals surface area contributed by atoms with Crippen LogP contribution in [0.3, 0.4) is 0 Å². The molecule has 6 nitrogen and oxygen atoms in total. The van der Waals surface area contributed by atoms with Crippen molar-refractivity contribution in [1.29, 1.82) is 0 Å². The number of pyridine rings is 1. The van der Waals surface area contributed by atoms with Gasteiger partial charge in [0.05, 0.1) is 23.2 Å². The van der Waals surface area contributed by atoms with E-state index in [1.165, 1.54) is 6.07 Å². The first-order valence-corrected chi connectivity index (χ1v) is 7.60. The van der Waals surface area contributed by atoms with E-state index in [0.29, 0.717) is 5.69 Å². The number of halogens is 2. The molecule has 0 unspecified atom stereocenters. The van der Waals surface area contributed by atoms with Crippen molar-refractivity contribution in [2.24, 2.45) is 0 Å². The molecule has 0 spiro atoms. The molecule has 0 atom stereocenters. The highest BCUT2D eigenvalue weighted by atomic mass is 19.3. The van der Waals surface area contributed by atoms with Gasteiger partial charge in [-0.05, 0) is 25.0 Å². The molecule has 8 heteroatoms. The summed E-state index contributed by atoms with van der Waals surface area (Å²) in [5.41, 5.74) is -0.490. The Hall–Kier alpha value is -2.38. The lowest BCUT2D eigenvalue weighted by Gasteiger charge is -2.15. The van der Waals surface area contributed by atoms with E-state index in [9.17, 15) is 18.4 Å². The maximum Gasteiger partial charge on any atom is 0.327 e. The number of hydrogen-bond acceptors (Lipinski definition) is 5. The summed E-state index contributed by atoms with van der Waals surface area (Å²) in [4.78, 5) is 28.0. The van der Waals surface area contributed by atoms with Crippen molar-refractivity contribution in [2.75, 3.05) is 6.61 Å². The minimum Gasteiger partial charge on any atom is -0.465 e. The van der Waals surface area contributed by atoms with Crippen LogP contribution in [0.15, 0.2) is 16.9 Å². The van der Waals surface area contributed by atoms with Gasteiger partial charge in [0.25, 0.3) is 11.5 Å². The molecule has 0 aromatic carbocycles. The molecule has 0 amide bonds. The van der Waals surface area contributed by atoms with Gasteiger partial charge in [-0.25, -0.2) is 9.67 Å². The van der Waals surface area contributed by atoms with Crippen LogP contribution in [0.1, 0.15) is 45.0 Å². The Kier molecular flexibility index (Phi) is 4.96. The smallest absolute Gasteiger partial charge is 0.327 e. The zero-order valence-electron chi connectivity index (χ0n) is 14.0. The Morgan fingerprint density at radius 1 is 1.38 bits per heavy atom. The first-order valence-electron chi connectivity index (χ1n) is 7.60. The number of rotatable bonds is 5. The molecule has 0 aliphatic heterocycles. The number of esters is 1. The van der Waals surface area contributed by atoms with Crippen LogP contribution >= 0.6 is 0 Å². The minimum absolute atomic E-state index is 0.133. The number of fused-ring (bicyclic) bond motifs is 1. The molecule has 0 bridgehead atoms. The van der Waals surface area contributed by atoms with E-state index in [4.69, 9.17) is 4.74 Å². The lowest BCUT2D eigenvalue weighted by Crippen LogP contribution is -2.29. The highest BCUT2D eigenvalue weighted by Crippen LogP contribution is 2.28. The van der Waals surface area contributed by atoms with Crippen LogP contribution in [-0.4, -0.2) is 27.3 Å². The Labute approximate surface area is 137 Å². The lowest BCUT2D eigenvalue weighted by atomic mass is 10.1. The van der Waals surface area contributed by atoms with E-state index < -0.39 is 23.1 Å². The average molecular weight is 339 g/mol. The standard InChI is InChI=1S/C16H19F2N3O3/c1-5-24-12(22)8-21-15(23)10-6-7-11(16(4,17)18)19-14(10)13(20-21)9(2)3/h6-7,9H,5,8H2,1-4H3. The summed E-state index contributed by atoms with van der Waals surface area (Å²) in [6, 6.07) is 2.41. The molecule has 2 rings (SSSR count). The Morgan fingerprint density at radius 3 is 2.58 bits per heavy atom. The highest BCUT2D eigenvalue weighted by Gasteiger charge is 2.27. The number of ether oxygens (including phenoxy) is 1. The fourth-order valence-corrected chi connectivity index (χ4v) is 2.26. The number of aromatic nitrogens is 3. The fraction of sp³-hybridized carbons (Fsp3) is 0.500. The summed E-state index contributed by atoms with van der Waals surface area (Å²) in [6.45, 7) is 5.86. The highest BCUT2D eigenvalue weighted by molar-refractivity contribution is 5.80. The molecule has 0 N–H and O–H groups in total. The van der Waals surface area contributed by atoms with Gasteiger partial charge in [-0.2, -0.15) is 13.9 Å². The number of carbonyl (C=O) groups excluding carboxylic acids is 1. The first-order chi connectivity index (χ1) is 11.1. The van der Waals surface area contributed by atoms with Gasteiger partial charge in [-0.3, -0.25) is 9.59 Å². The Bertz CT molecular complexity index is 826. The largest absolute Gasteiger partial charge is 0.465 e. The molecule has 0 aliphatic rings. The van der Waals surface area contributed by atoms with Crippen molar-refractivity contribution in [2.45, 2.75) is 46.1 Å². The second-order valence-electron chi connectivity index (χ2n) is 5.79. The second-order valence-corrected chi connectivity index (χ2v) is 5.79. The number of carbonyl (C=O) groups is 1. The van der Waals surface area contributed by atoms with Gasteiger partial charge in [-0.15, -0.1) is 0 Å². The summed E-state index contributed by atoms with van der Waals surface area (Å²) >= 11 is 0. The SMILES string of the molecule is CCOC(=O)Cn1nc(C(C)C)c2nc(C(C)(F)F)ccc2c1=O. The maximum atomic E-state index is 13.5. The third-order valence-corrected chi connectivity index (χ3v) is 3.41. The van der Waals surface area contributed by atoms with E-state index in [-0.39, 0.29) is 30.0 Å². The molecular weight excluding hydrogens is 320 g/mol. The Morgan fingerprint density at radius 2 is 2.04 bits per heavy atom. The Balaban J connectivity index is 2.68.